The van der Waals surface area contributed by atoms with Crippen LogP contribution in [0.15, 0.2) is 6.07 Å². The minimum atomic E-state index is -3.17. The molecule has 2 N–H and O–H groups in total. The summed E-state index contributed by atoms with van der Waals surface area (Å²) in [6.45, 7) is 0. The number of nitro groups is 1. The quantitative estimate of drug-likeness (QED) is 0.631. The van der Waals surface area contributed by atoms with Crippen molar-refractivity contribution in [1.82, 2.24) is 4.98 Å². The third kappa shape index (κ3) is 2.44. The number of ether oxygens (including phenoxy) is 1. The number of carbonyl (C=O) groups excluding carboxylic acids is 1. The Morgan fingerprint density at radius 2 is 2.24 bits per heavy atom. The molecule has 1 heterocycles. The Bertz CT molecular complexity index is 478. The number of nitrogens with zero attached hydrogens (tertiary/aromatic N) is 2. The van der Waals surface area contributed by atoms with E-state index in [0.29, 0.717) is 0 Å². The molecule has 1 aromatic heterocycles. The van der Waals surface area contributed by atoms with Gasteiger partial charge < -0.3 is 10.5 Å². The van der Waals surface area contributed by atoms with Crippen LogP contribution in [0.1, 0.15) is 22.5 Å². The topological polar surface area (TPSA) is 108 Å². The molecule has 0 atom stereocenters. The molecule has 1 rings (SSSR count). The SMILES string of the molecule is COc1cc([N+](=O)[O-])c(C(N)=O)c(C(F)F)n1. The van der Waals surface area contributed by atoms with E-state index in [0.717, 1.165) is 13.2 Å². The van der Waals surface area contributed by atoms with Crippen molar-refractivity contribution in [3.63, 3.8) is 0 Å². The Morgan fingerprint density at radius 1 is 1.65 bits per heavy atom. The Balaban J connectivity index is 3.61. The van der Waals surface area contributed by atoms with Gasteiger partial charge in [-0.3, -0.25) is 14.9 Å². The van der Waals surface area contributed by atoms with Crippen LogP contribution in [0.5, 0.6) is 5.88 Å². The molecule has 0 bridgehead atoms. The number of alkyl halides is 2. The van der Waals surface area contributed by atoms with Gasteiger partial charge in [-0.1, -0.05) is 0 Å². The second-order valence-corrected chi connectivity index (χ2v) is 2.87. The molecule has 92 valence electrons. The van der Waals surface area contributed by atoms with Gasteiger partial charge in [-0.2, -0.15) is 0 Å². The number of rotatable bonds is 4. The van der Waals surface area contributed by atoms with Crippen molar-refractivity contribution >= 4 is 11.6 Å². The van der Waals surface area contributed by atoms with E-state index in [4.69, 9.17) is 5.73 Å². The lowest BCUT2D eigenvalue weighted by molar-refractivity contribution is -0.385. The molecule has 0 aliphatic rings. The molecule has 1 amide bonds. The number of aromatic nitrogens is 1. The van der Waals surface area contributed by atoms with E-state index in [2.05, 4.69) is 9.72 Å². The predicted octanol–water partition coefficient (Wildman–Crippen LogP) is 1.03. The fourth-order valence-electron chi connectivity index (χ4n) is 1.19. The van der Waals surface area contributed by atoms with Crippen molar-refractivity contribution in [3.05, 3.63) is 27.4 Å². The molecule has 0 fully saturated rings. The molecule has 0 aromatic carbocycles. The second-order valence-electron chi connectivity index (χ2n) is 2.87. The van der Waals surface area contributed by atoms with Gasteiger partial charge >= 0.3 is 0 Å². The average molecular weight is 247 g/mol. The Labute approximate surface area is 93.3 Å². The zero-order chi connectivity index (χ0) is 13.2. The van der Waals surface area contributed by atoms with Crippen LogP contribution in [0.25, 0.3) is 0 Å². The molecule has 7 nitrogen and oxygen atoms in total. The normalized spacial score (nSPS) is 10.4. The van der Waals surface area contributed by atoms with E-state index in [1.165, 1.54) is 0 Å². The van der Waals surface area contributed by atoms with Gasteiger partial charge in [0.1, 0.15) is 11.3 Å². The van der Waals surface area contributed by atoms with Crippen molar-refractivity contribution < 1.29 is 23.2 Å². The molecule has 1 aromatic rings. The first-order chi connectivity index (χ1) is 7.88. The third-order valence-corrected chi connectivity index (χ3v) is 1.86. The van der Waals surface area contributed by atoms with Gasteiger partial charge in [0, 0.05) is 0 Å². The molecular formula is C8H7F2N3O4. The number of carbonyl (C=O) groups is 1. The van der Waals surface area contributed by atoms with Crippen molar-refractivity contribution in [2.75, 3.05) is 7.11 Å². The first-order valence-corrected chi connectivity index (χ1v) is 4.19. The summed E-state index contributed by atoms with van der Waals surface area (Å²) in [6, 6.07) is 0.756. The summed E-state index contributed by atoms with van der Waals surface area (Å²) < 4.78 is 29.7. The molecule has 0 saturated heterocycles. The third-order valence-electron chi connectivity index (χ3n) is 1.86. The van der Waals surface area contributed by atoms with Gasteiger partial charge in [0.15, 0.2) is 0 Å². The lowest BCUT2D eigenvalue weighted by Gasteiger charge is -2.07. The van der Waals surface area contributed by atoms with Gasteiger partial charge in [-0.15, -0.1) is 0 Å². The van der Waals surface area contributed by atoms with E-state index in [-0.39, 0.29) is 0 Å². The number of nitrogens with two attached hydrogens (primary N) is 1. The smallest absolute Gasteiger partial charge is 0.289 e. The molecule has 0 radical (unpaired) electrons. The lowest BCUT2D eigenvalue weighted by Crippen LogP contribution is -2.18. The summed E-state index contributed by atoms with van der Waals surface area (Å²) in [4.78, 5) is 23.9. The van der Waals surface area contributed by atoms with E-state index >= 15 is 0 Å². The number of primary amides is 1. The summed E-state index contributed by atoms with van der Waals surface area (Å²) in [5.41, 5.74) is 1.99. The number of hydrogen-bond acceptors (Lipinski definition) is 5. The lowest BCUT2D eigenvalue weighted by atomic mass is 10.1. The number of pyridine rings is 1. The van der Waals surface area contributed by atoms with Crippen molar-refractivity contribution in [1.29, 1.82) is 0 Å². The Kier molecular flexibility index (Phi) is 3.51. The van der Waals surface area contributed by atoms with Crippen LogP contribution in [0.2, 0.25) is 0 Å². The number of halogens is 2. The van der Waals surface area contributed by atoms with E-state index in [1.807, 2.05) is 0 Å². The maximum atomic E-state index is 12.6. The minimum Gasteiger partial charge on any atom is -0.481 e. The molecule has 0 unspecified atom stereocenters. The van der Waals surface area contributed by atoms with E-state index in [9.17, 15) is 23.7 Å². The number of hydrogen-bond donors (Lipinski definition) is 1. The second kappa shape index (κ2) is 4.68. The highest BCUT2D eigenvalue weighted by Crippen LogP contribution is 2.31. The summed E-state index contributed by atoms with van der Waals surface area (Å²) in [7, 11) is 1.10. The maximum absolute atomic E-state index is 12.6. The van der Waals surface area contributed by atoms with E-state index < -0.39 is 40.1 Å². The number of methoxy groups -OCH3 is 1. The van der Waals surface area contributed by atoms with Crippen LogP contribution in [0.3, 0.4) is 0 Å². The maximum Gasteiger partial charge on any atom is 0.289 e. The highest BCUT2D eigenvalue weighted by Gasteiger charge is 2.29. The Hall–Kier alpha value is -2.32. The van der Waals surface area contributed by atoms with Gasteiger partial charge in [-0.05, 0) is 0 Å². The minimum absolute atomic E-state index is 0.392. The average Bonchev–Trinajstić information content (AvgIpc) is 2.26. The van der Waals surface area contributed by atoms with Gasteiger partial charge in [-0.25, -0.2) is 13.8 Å². The van der Waals surface area contributed by atoms with Crippen molar-refractivity contribution in [2.45, 2.75) is 6.43 Å². The van der Waals surface area contributed by atoms with Crippen LogP contribution in [-0.4, -0.2) is 22.9 Å². The molecule has 17 heavy (non-hydrogen) atoms. The van der Waals surface area contributed by atoms with Crippen LogP contribution < -0.4 is 10.5 Å². The summed E-state index contributed by atoms with van der Waals surface area (Å²) in [5, 5.41) is 10.6. The van der Waals surface area contributed by atoms with Crippen molar-refractivity contribution in [2.24, 2.45) is 5.73 Å². The van der Waals surface area contributed by atoms with Crippen LogP contribution >= 0.6 is 0 Å². The predicted molar refractivity (Wildman–Crippen MR) is 50.9 cm³/mol. The highest BCUT2D eigenvalue weighted by atomic mass is 19.3. The molecule has 0 saturated carbocycles. The molecule has 0 aliphatic carbocycles. The monoisotopic (exact) mass is 247 g/mol. The van der Waals surface area contributed by atoms with Crippen molar-refractivity contribution in [3.8, 4) is 5.88 Å². The van der Waals surface area contributed by atoms with Gasteiger partial charge in [0.05, 0.1) is 18.1 Å². The molecule has 0 spiro atoms. The zero-order valence-electron chi connectivity index (χ0n) is 8.52. The van der Waals surface area contributed by atoms with Crippen LogP contribution in [0, 0.1) is 10.1 Å². The van der Waals surface area contributed by atoms with Crippen LogP contribution in [0.4, 0.5) is 14.5 Å². The zero-order valence-corrected chi connectivity index (χ0v) is 8.52. The summed E-state index contributed by atoms with van der Waals surface area (Å²) in [6.07, 6.45) is -3.17. The Morgan fingerprint density at radius 3 is 2.59 bits per heavy atom. The largest absolute Gasteiger partial charge is 0.481 e. The highest BCUT2D eigenvalue weighted by molar-refractivity contribution is 5.98. The van der Waals surface area contributed by atoms with Crippen LogP contribution in [-0.2, 0) is 0 Å². The number of amides is 1. The fraction of sp³-hybridized carbons (Fsp3) is 0.250. The van der Waals surface area contributed by atoms with E-state index in [1.54, 1.807) is 0 Å². The fourth-order valence-corrected chi connectivity index (χ4v) is 1.19. The van der Waals surface area contributed by atoms with Gasteiger partial charge in [0.25, 0.3) is 18.0 Å². The molecule has 0 aliphatic heterocycles. The standard InChI is InChI=1S/C8H7F2N3O4/c1-17-4-2-3(13(15)16)5(8(11)14)6(12-4)7(9)10/h2,7H,1H3,(H2,11,14). The van der Waals surface area contributed by atoms with Gasteiger partial charge in [0.2, 0.25) is 5.88 Å². The summed E-state index contributed by atoms with van der Waals surface area (Å²) in [5.74, 6) is -1.74. The first-order valence-electron chi connectivity index (χ1n) is 4.19. The first kappa shape index (κ1) is 12.7. The molecular weight excluding hydrogens is 240 g/mol. The summed E-state index contributed by atoms with van der Waals surface area (Å²) >= 11 is 0. The molecule has 9 heteroatoms.